The molecule has 1 heterocycles. The molecule has 5 heteroatoms. The Kier molecular flexibility index (Phi) is 4.48. The molecule has 20 heavy (non-hydrogen) atoms. The highest BCUT2D eigenvalue weighted by Gasteiger charge is 2.28. The molecule has 0 spiro atoms. The van der Waals surface area contributed by atoms with E-state index < -0.39 is 0 Å². The lowest BCUT2D eigenvalue weighted by atomic mass is 10.1. The molecule has 1 fully saturated rings. The van der Waals surface area contributed by atoms with E-state index in [0.717, 1.165) is 13.1 Å². The molecule has 1 aromatic carbocycles. The molecule has 0 radical (unpaired) electrons. The van der Waals surface area contributed by atoms with E-state index in [2.05, 4.69) is 11.4 Å². The molecule has 1 aliphatic heterocycles. The Labute approximate surface area is 119 Å². The molecule has 0 aliphatic carbocycles. The second-order valence-electron chi connectivity index (χ2n) is 5.42. The average Bonchev–Trinajstić information content (AvgIpc) is 2.43. The highest BCUT2D eigenvalue weighted by atomic mass is 16.5. The number of rotatable bonds is 4. The summed E-state index contributed by atoms with van der Waals surface area (Å²) in [6.45, 7) is 6.05. The minimum absolute atomic E-state index is 0.0310. The van der Waals surface area contributed by atoms with Crippen molar-refractivity contribution in [1.29, 1.82) is 5.26 Å². The number of benzene rings is 1. The van der Waals surface area contributed by atoms with E-state index in [1.54, 1.807) is 25.3 Å². The molecule has 108 valence electrons. The molecule has 5 nitrogen and oxygen atoms in total. The molecule has 0 bridgehead atoms. The van der Waals surface area contributed by atoms with E-state index >= 15 is 0 Å². The molecule has 1 unspecified atom stereocenters. The highest BCUT2D eigenvalue weighted by Crippen LogP contribution is 2.25. The van der Waals surface area contributed by atoms with Gasteiger partial charge in [0.05, 0.1) is 18.3 Å². The van der Waals surface area contributed by atoms with Crippen molar-refractivity contribution >= 4 is 0 Å². The first-order valence-electron chi connectivity index (χ1n) is 6.63. The second-order valence-corrected chi connectivity index (χ2v) is 5.42. The van der Waals surface area contributed by atoms with Crippen LogP contribution in [0.25, 0.3) is 0 Å². The highest BCUT2D eigenvalue weighted by molar-refractivity contribution is 5.47. The maximum absolute atomic E-state index is 9.09. The minimum atomic E-state index is -0.196. The smallest absolute Gasteiger partial charge is 0.140 e. The summed E-state index contributed by atoms with van der Waals surface area (Å²) in [6.07, 6.45) is -0.0310. The van der Waals surface area contributed by atoms with Gasteiger partial charge in [-0.25, -0.2) is 0 Å². The van der Waals surface area contributed by atoms with Crippen molar-refractivity contribution in [2.45, 2.75) is 25.6 Å². The first-order valence-corrected chi connectivity index (χ1v) is 6.63. The number of morpholine rings is 1. The SMILES string of the molecule is COc1ccc(C#N)c(OCC2CNCC(C)(C)O2)c1. The number of nitrogens with one attached hydrogen (secondary N) is 1. The van der Waals surface area contributed by atoms with E-state index in [4.69, 9.17) is 19.5 Å². The Morgan fingerprint density at radius 3 is 2.95 bits per heavy atom. The van der Waals surface area contributed by atoms with Gasteiger partial charge < -0.3 is 19.5 Å². The Balaban J connectivity index is 2.01. The standard InChI is InChI=1S/C15H20N2O3/c1-15(2)10-17-8-13(20-15)9-19-14-6-12(18-3)5-4-11(14)7-16/h4-6,13,17H,8-10H2,1-3H3. The maximum Gasteiger partial charge on any atom is 0.140 e. The number of hydrogen-bond donors (Lipinski definition) is 1. The average molecular weight is 276 g/mol. The molecule has 2 rings (SSSR count). The molecule has 0 saturated carbocycles. The summed E-state index contributed by atoms with van der Waals surface area (Å²) in [4.78, 5) is 0. The lowest BCUT2D eigenvalue weighted by Gasteiger charge is -2.36. The van der Waals surface area contributed by atoms with Crippen LogP contribution in [-0.4, -0.2) is 38.5 Å². The van der Waals surface area contributed by atoms with Crippen LogP contribution < -0.4 is 14.8 Å². The van der Waals surface area contributed by atoms with Crippen molar-refractivity contribution < 1.29 is 14.2 Å². The van der Waals surface area contributed by atoms with Crippen LogP contribution >= 0.6 is 0 Å². The molecular formula is C15H20N2O3. The fraction of sp³-hybridized carbons (Fsp3) is 0.533. The Morgan fingerprint density at radius 2 is 2.30 bits per heavy atom. The summed E-state index contributed by atoms with van der Waals surface area (Å²) in [6, 6.07) is 7.27. The summed E-state index contributed by atoms with van der Waals surface area (Å²) in [5.74, 6) is 1.20. The summed E-state index contributed by atoms with van der Waals surface area (Å²) in [5.41, 5.74) is 0.299. The lowest BCUT2D eigenvalue weighted by molar-refractivity contribution is -0.107. The fourth-order valence-corrected chi connectivity index (χ4v) is 2.19. The quantitative estimate of drug-likeness (QED) is 0.907. The zero-order chi connectivity index (χ0) is 14.6. The van der Waals surface area contributed by atoms with Gasteiger partial charge in [0, 0.05) is 19.2 Å². The first-order chi connectivity index (χ1) is 9.54. The van der Waals surface area contributed by atoms with Crippen molar-refractivity contribution in [2.75, 3.05) is 26.8 Å². The summed E-state index contributed by atoms with van der Waals surface area (Å²) in [7, 11) is 1.59. The molecule has 1 atom stereocenters. The topological polar surface area (TPSA) is 63.5 Å². The van der Waals surface area contributed by atoms with E-state index in [-0.39, 0.29) is 11.7 Å². The van der Waals surface area contributed by atoms with Gasteiger partial charge in [-0.05, 0) is 26.0 Å². The normalized spacial score (nSPS) is 21.0. The van der Waals surface area contributed by atoms with Gasteiger partial charge in [-0.3, -0.25) is 0 Å². The van der Waals surface area contributed by atoms with Crippen molar-refractivity contribution in [3.05, 3.63) is 23.8 Å². The molecule has 0 amide bonds. The number of nitrogens with zero attached hydrogens (tertiary/aromatic N) is 1. The van der Waals surface area contributed by atoms with E-state index in [1.807, 2.05) is 13.8 Å². The van der Waals surface area contributed by atoms with Gasteiger partial charge in [-0.1, -0.05) is 0 Å². The third kappa shape index (κ3) is 3.62. The van der Waals surface area contributed by atoms with Crippen molar-refractivity contribution in [2.24, 2.45) is 0 Å². The van der Waals surface area contributed by atoms with Crippen LogP contribution in [0, 0.1) is 11.3 Å². The molecule has 1 N–H and O–H groups in total. The van der Waals surface area contributed by atoms with Crippen LogP contribution in [0.3, 0.4) is 0 Å². The molecule has 1 aromatic rings. The van der Waals surface area contributed by atoms with E-state index in [0.29, 0.717) is 23.7 Å². The van der Waals surface area contributed by atoms with Gasteiger partial charge in [0.15, 0.2) is 0 Å². The van der Waals surface area contributed by atoms with Crippen LogP contribution in [0.4, 0.5) is 0 Å². The summed E-state index contributed by atoms with van der Waals surface area (Å²) in [5, 5.41) is 12.4. The Hall–Kier alpha value is -1.77. The third-order valence-corrected chi connectivity index (χ3v) is 3.14. The molecule has 0 aromatic heterocycles. The largest absolute Gasteiger partial charge is 0.497 e. The van der Waals surface area contributed by atoms with Gasteiger partial charge in [0.1, 0.15) is 30.3 Å². The van der Waals surface area contributed by atoms with Crippen LogP contribution in [0.5, 0.6) is 11.5 Å². The number of methoxy groups -OCH3 is 1. The molecular weight excluding hydrogens is 256 g/mol. The van der Waals surface area contributed by atoms with Crippen LogP contribution in [0.1, 0.15) is 19.4 Å². The predicted molar refractivity (Wildman–Crippen MR) is 75.0 cm³/mol. The van der Waals surface area contributed by atoms with Crippen molar-refractivity contribution in [3.8, 4) is 17.6 Å². The monoisotopic (exact) mass is 276 g/mol. The fourth-order valence-electron chi connectivity index (χ4n) is 2.19. The number of ether oxygens (including phenoxy) is 3. The maximum atomic E-state index is 9.09. The number of hydrogen-bond acceptors (Lipinski definition) is 5. The van der Waals surface area contributed by atoms with Crippen LogP contribution in [0.2, 0.25) is 0 Å². The van der Waals surface area contributed by atoms with E-state index in [1.165, 1.54) is 0 Å². The first kappa shape index (κ1) is 14.6. The molecule has 1 saturated heterocycles. The van der Waals surface area contributed by atoms with Gasteiger partial charge in [-0.15, -0.1) is 0 Å². The van der Waals surface area contributed by atoms with Crippen molar-refractivity contribution in [3.63, 3.8) is 0 Å². The third-order valence-electron chi connectivity index (χ3n) is 3.14. The van der Waals surface area contributed by atoms with Crippen LogP contribution in [0.15, 0.2) is 18.2 Å². The zero-order valence-corrected chi connectivity index (χ0v) is 12.1. The zero-order valence-electron chi connectivity index (χ0n) is 12.1. The van der Waals surface area contributed by atoms with Crippen LogP contribution in [-0.2, 0) is 4.74 Å². The van der Waals surface area contributed by atoms with Gasteiger partial charge in [0.25, 0.3) is 0 Å². The Morgan fingerprint density at radius 1 is 1.50 bits per heavy atom. The predicted octanol–water partition coefficient (Wildman–Crippen LogP) is 1.71. The van der Waals surface area contributed by atoms with Gasteiger partial charge >= 0.3 is 0 Å². The van der Waals surface area contributed by atoms with Crippen molar-refractivity contribution in [1.82, 2.24) is 5.32 Å². The van der Waals surface area contributed by atoms with Gasteiger partial charge in [0.2, 0.25) is 0 Å². The van der Waals surface area contributed by atoms with E-state index in [9.17, 15) is 0 Å². The second kappa shape index (κ2) is 6.12. The summed E-state index contributed by atoms with van der Waals surface area (Å²) >= 11 is 0. The lowest BCUT2D eigenvalue weighted by Crippen LogP contribution is -2.52. The Bertz CT molecular complexity index is 508. The van der Waals surface area contributed by atoms with Gasteiger partial charge in [-0.2, -0.15) is 5.26 Å². The number of nitriles is 1. The summed E-state index contributed by atoms with van der Waals surface area (Å²) < 4.78 is 16.8. The molecule has 1 aliphatic rings. The minimum Gasteiger partial charge on any atom is -0.497 e.